The molecular formula is C21H28N4O2. The summed E-state index contributed by atoms with van der Waals surface area (Å²) in [7, 11) is 1.94. The smallest absolute Gasteiger partial charge is 0.227 e. The largest absolute Gasteiger partial charge is 0.486 e. The number of hydrogen-bond acceptors (Lipinski definition) is 4. The van der Waals surface area contributed by atoms with Crippen LogP contribution in [0.25, 0.3) is 0 Å². The maximum atomic E-state index is 12.7. The lowest BCUT2D eigenvalue weighted by Gasteiger charge is -2.43. The Labute approximate surface area is 160 Å². The minimum Gasteiger partial charge on any atom is -0.486 e. The standard InChI is InChI=1S/C21H28N4O2/c1-25-10-9-23-19(25)13-27-18-7-5-17(6-8-18)24-21(26)16-11-14-3-2-4-15(12-16)20(14)22/h5-10,14-16,20H,2-4,11-13,22H2,1H3,(H,24,26). The SMILES string of the molecule is Cn1ccnc1COc1ccc(NC(=O)C2CC3CCCC(C2)C3N)cc1. The number of carbonyl (C=O) groups is 1. The first-order valence-corrected chi connectivity index (χ1v) is 9.85. The summed E-state index contributed by atoms with van der Waals surface area (Å²) in [6.45, 7) is 0.417. The van der Waals surface area contributed by atoms with E-state index < -0.39 is 0 Å². The van der Waals surface area contributed by atoms with Crippen LogP contribution in [0.15, 0.2) is 36.7 Å². The molecular weight excluding hydrogens is 340 g/mol. The molecule has 0 saturated heterocycles. The van der Waals surface area contributed by atoms with Gasteiger partial charge in [-0.05, 0) is 61.8 Å². The van der Waals surface area contributed by atoms with Gasteiger partial charge in [0.15, 0.2) is 0 Å². The van der Waals surface area contributed by atoms with E-state index in [2.05, 4.69) is 10.3 Å². The van der Waals surface area contributed by atoms with Crippen LogP contribution in [-0.2, 0) is 18.4 Å². The number of anilines is 1. The van der Waals surface area contributed by atoms with Crippen molar-refractivity contribution in [2.24, 2.45) is 30.5 Å². The maximum Gasteiger partial charge on any atom is 0.227 e. The van der Waals surface area contributed by atoms with Crippen molar-refractivity contribution >= 4 is 11.6 Å². The van der Waals surface area contributed by atoms with Crippen LogP contribution in [0.2, 0.25) is 0 Å². The van der Waals surface area contributed by atoms with Crippen molar-refractivity contribution < 1.29 is 9.53 Å². The van der Waals surface area contributed by atoms with E-state index in [4.69, 9.17) is 10.5 Å². The Morgan fingerprint density at radius 1 is 1.26 bits per heavy atom. The number of nitrogens with zero attached hydrogens (tertiary/aromatic N) is 2. The fourth-order valence-corrected chi connectivity index (χ4v) is 4.57. The van der Waals surface area contributed by atoms with Crippen LogP contribution in [0.1, 0.15) is 37.9 Å². The molecule has 144 valence electrons. The molecule has 2 saturated carbocycles. The van der Waals surface area contributed by atoms with Crippen LogP contribution < -0.4 is 15.8 Å². The van der Waals surface area contributed by atoms with Crippen LogP contribution >= 0.6 is 0 Å². The molecule has 1 heterocycles. The number of ether oxygens (including phenoxy) is 1. The number of imidazole rings is 1. The summed E-state index contributed by atoms with van der Waals surface area (Å²) in [5.41, 5.74) is 7.15. The summed E-state index contributed by atoms with van der Waals surface area (Å²) < 4.78 is 7.69. The maximum absolute atomic E-state index is 12.7. The van der Waals surface area contributed by atoms with Gasteiger partial charge in [0.25, 0.3) is 0 Å². The number of rotatable bonds is 5. The molecule has 6 heteroatoms. The zero-order valence-electron chi connectivity index (χ0n) is 15.8. The van der Waals surface area contributed by atoms with E-state index in [1.54, 1.807) is 6.20 Å². The van der Waals surface area contributed by atoms with Crippen molar-refractivity contribution in [1.29, 1.82) is 0 Å². The summed E-state index contributed by atoms with van der Waals surface area (Å²) in [5, 5.41) is 3.07. The number of carbonyl (C=O) groups excluding carboxylic acids is 1. The van der Waals surface area contributed by atoms with Gasteiger partial charge in [-0.3, -0.25) is 4.79 Å². The van der Waals surface area contributed by atoms with Gasteiger partial charge in [0.1, 0.15) is 18.2 Å². The summed E-state index contributed by atoms with van der Waals surface area (Å²) in [4.78, 5) is 17.0. The van der Waals surface area contributed by atoms with Gasteiger partial charge in [0.05, 0.1) is 0 Å². The van der Waals surface area contributed by atoms with Gasteiger partial charge in [-0.25, -0.2) is 4.98 Å². The van der Waals surface area contributed by atoms with Gasteiger partial charge in [0.2, 0.25) is 5.91 Å². The van der Waals surface area contributed by atoms with Gasteiger partial charge < -0.3 is 20.4 Å². The van der Waals surface area contributed by atoms with Crippen molar-refractivity contribution in [2.45, 2.75) is 44.8 Å². The van der Waals surface area contributed by atoms with Crippen molar-refractivity contribution in [3.8, 4) is 5.75 Å². The molecule has 1 amide bonds. The Hall–Kier alpha value is -2.34. The molecule has 0 aliphatic heterocycles. The second-order valence-electron chi connectivity index (χ2n) is 7.95. The summed E-state index contributed by atoms with van der Waals surface area (Å²) >= 11 is 0. The lowest BCUT2D eigenvalue weighted by molar-refractivity contribution is -0.122. The van der Waals surface area contributed by atoms with Crippen LogP contribution in [0.3, 0.4) is 0 Å². The van der Waals surface area contributed by atoms with Crippen LogP contribution in [0.4, 0.5) is 5.69 Å². The second kappa shape index (κ2) is 7.72. The molecule has 2 unspecified atom stereocenters. The highest BCUT2D eigenvalue weighted by molar-refractivity contribution is 5.92. The third-order valence-corrected chi connectivity index (χ3v) is 6.19. The van der Waals surface area contributed by atoms with E-state index in [0.717, 1.165) is 30.1 Å². The van der Waals surface area contributed by atoms with Gasteiger partial charge in [-0.2, -0.15) is 0 Å². The Kier molecular flexibility index (Phi) is 5.16. The number of aryl methyl sites for hydroxylation is 1. The molecule has 0 spiro atoms. The van der Waals surface area contributed by atoms with E-state index in [1.807, 2.05) is 42.1 Å². The molecule has 2 aromatic rings. The van der Waals surface area contributed by atoms with Crippen molar-refractivity contribution in [1.82, 2.24) is 9.55 Å². The minimum absolute atomic E-state index is 0.0828. The normalized spacial score (nSPS) is 27.2. The number of aromatic nitrogens is 2. The molecule has 4 rings (SSSR count). The van der Waals surface area contributed by atoms with E-state index >= 15 is 0 Å². The fraction of sp³-hybridized carbons (Fsp3) is 0.524. The van der Waals surface area contributed by atoms with Gasteiger partial charge in [0, 0.05) is 37.1 Å². The third kappa shape index (κ3) is 4.00. The quantitative estimate of drug-likeness (QED) is 0.850. The predicted molar refractivity (Wildman–Crippen MR) is 104 cm³/mol. The average molecular weight is 368 g/mol. The summed E-state index contributed by atoms with van der Waals surface area (Å²) in [6, 6.07) is 7.83. The predicted octanol–water partition coefficient (Wildman–Crippen LogP) is 3.09. The Morgan fingerprint density at radius 2 is 1.96 bits per heavy atom. The molecule has 2 atom stereocenters. The van der Waals surface area contributed by atoms with Crippen molar-refractivity contribution in [3.63, 3.8) is 0 Å². The van der Waals surface area contributed by atoms with E-state index in [-0.39, 0.29) is 17.9 Å². The Morgan fingerprint density at radius 3 is 2.59 bits per heavy atom. The molecule has 2 aliphatic carbocycles. The van der Waals surface area contributed by atoms with Crippen molar-refractivity contribution in [2.75, 3.05) is 5.32 Å². The lowest BCUT2D eigenvalue weighted by Crippen LogP contribution is -2.48. The molecule has 3 N–H and O–H groups in total. The third-order valence-electron chi connectivity index (χ3n) is 6.19. The van der Waals surface area contributed by atoms with Gasteiger partial charge in [-0.15, -0.1) is 0 Å². The molecule has 1 aromatic heterocycles. The summed E-state index contributed by atoms with van der Waals surface area (Å²) in [6.07, 6.45) is 9.10. The van der Waals surface area contributed by atoms with Gasteiger partial charge >= 0.3 is 0 Å². The second-order valence-corrected chi connectivity index (χ2v) is 7.95. The number of amides is 1. The molecule has 0 radical (unpaired) electrons. The zero-order valence-corrected chi connectivity index (χ0v) is 15.8. The molecule has 27 heavy (non-hydrogen) atoms. The number of hydrogen-bond donors (Lipinski definition) is 2. The van der Waals surface area contributed by atoms with Crippen LogP contribution in [0, 0.1) is 17.8 Å². The Balaban J connectivity index is 1.31. The number of nitrogens with two attached hydrogens (primary N) is 1. The molecule has 1 aromatic carbocycles. The fourth-order valence-electron chi connectivity index (χ4n) is 4.57. The highest BCUT2D eigenvalue weighted by Crippen LogP contribution is 2.42. The molecule has 6 nitrogen and oxygen atoms in total. The zero-order chi connectivity index (χ0) is 18.8. The van der Waals surface area contributed by atoms with E-state index in [0.29, 0.717) is 18.4 Å². The van der Waals surface area contributed by atoms with E-state index in [1.165, 1.54) is 19.3 Å². The summed E-state index contributed by atoms with van der Waals surface area (Å²) in [5.74, 6) is 2.85. The average Bonchev–Trinajstić information content (AvgIpc) is 3.06. The van der Waals surface area contributed by atoms with Gasteiger partial charge in [-0.1, -0.05) is 6.42 Å². The number of fused-ring (bicyclic) bond motifs is 2. The lowest BCUT2D eigenvalue weighted by atomic mass is 9.65. The first-order chi connectivity index (χ1) is 13.1. The van der Waals surface area contributed by atoms with Crippen molar-refractivity contribution in [3.05, 3.63) is 42.5 Å². The monoisotopic (exact) mass is 368 g/mol. The first-order valence-electron chi connectivity index (χ1n) is 9.85. The molecule has 2 aliphatic rings. The Bertz CT molecular complexity index is 772. The van der Waals surface area contributed by atoms with E-state index in [9.17, 15) is 4.79 Å². The molecule has 2 fully saturated rings. The highest BCUT2D eigenvalue weighted by atomic mass is 16.5. The topological polar surface area (TPSA) is 82.2 Å². The number of nitrogens with one attached hydrogen (secondary N) is 1. The number of benzene rings is 1. The highest BCUT2D eigenvalue weighted by Gasteiger charge is 2.40. The van der Waals surface area contributed by atoms with Crippen LogP contribution in [0.5, 0.6) is 5.75 Å². The first kappa shape index (κ1) is 18.0. The molecule has 2 bridgehead atoms. The minimum atomic E-state index is 0.0828. The van der Waals surface area contributed by atoms with Crippen LogP contribution in [-0.4, -0.2) is 21.5 Å².